The summed E-state index contributed by atoms with van der Waals surface area (Å²) in [7, 11) is 0. The molecular formula is C13H11BrN2O2. The molecule has 0 fully saturated rings. The van der Waals surface area contributed by atoms with Crippen LogP contribution in [0.25, 0.3) is 11.4 Å². The van der Waals surface area contributed by atoms with Gasteiger partial charge in [0.05, 0.1) is 6.42 Å². The predicted octanol–water partition coefficient (Wildman–Crippen LogP) is 2.92. The van der Waals surface area contributed by atoms with Gasteiger partial charge in [0.25, 0.3) is 0 Å². The third-order valence-electron chi connectivity index (χ3n) is 2.42. The van der Waals surface area contributed by atoms with Gasteiger partial charge in [0, 0.05) is 28.3 Å². The minimum Gasteiger partial charge on any atom is -0.481 e. The number of aliphatic carboxylic acids is 1. The number of rotatable bonds is 4. The Morgan fingerprint density at radius 2 is 2.06 bits per heavy atom. The van der Waals surface area contributed by atoms with E-state index in [0.717, 1.165) is 15.7 Å². The first-order valence-electron chi connectivity index (χ1n) is 5.45. The molecule has 0 spiro atoms. The number of carboxylic acids is 1. The minimum absolute atomic E-state index is 0.0758. The largest absolute Gasteiger partial charge is 0.481 e. The van der Waals surface area contributed by atoms with E-state index in [0.29, 0.717) is 12.2 Å². The first-order chi connectivity index (χ1) is 8.66. The number of hydrogen-bond acceptors (Lipinski definition) is 3. The number of benzene rings is 1. The molecule has 0 atom stereocenters. The average molecular weight is 307 g/mol. The van der Waals surface area contributed by atoms with Gasteiger partial charge in [-0.2, -0.15) is 0 Å². The summed E-state index contributed by atoms with van der Waals surface area (Å²) in [5.74, 6) is -0.221. The summed E-state index contributed by atoms with van der Waals surface area (Å²) < 4.78 is 0.917. The topological polar surface area (TPSA) is 63.1 Å². The van der Waals surface area contributed by atoms with Crippen LogP contribution >= 0.6 is 15.9 Å². The fraction of sp³-hybridized carbons (Fsp3) is 0.154. The van der Waals surface area contributed by atoms with Crippen LogP contribution in [0.2, 0.25) is 0 Å². The fourth-order valence-corrected chi connectivity index (χ4v) is 2.00. The van der Waals surface area contributed by atoms with Gasteiger partial charge >= 0.3 is 5.97 Å². The number of aromatic nitrogens is 2. The summed E-state index contributed by atoms with van der Waals surface area (Å²) in [6.45, 7) is 0. The van der Waals surface area contributed by atoms with Crippen molar-refractivity contribution < 1.29 is 9.90 Å². The fourth-order valence-electron chi connectivity index (χ4n) is 1.54. The number of carbonyl (C=O) groups is 1. The van der Waals surface area contributed by atoms with Gasteiger partial charge in [0.1, 0.15) is 0 Å². The molecule has 0 aliphatic heterocycles. The highest BCUT2D eigenvalue weighted by atomic mass is 79.9. The summed E-state index contributed by atoms with van der Waals surface area (Å²) in [6, 6.07) is 9.40. The molecule has 0 saturated carbocycles. The number of hydrogen-bond donors (Lipinski definition) is 1. The van der Waals surface area contributed by atoms with E-state index in [1.807, 2.05) is 24.3 Å². The predicted molar refractivity (Wildman–Crippen MR) is 71.1 cm³/mol. The van der Waals surface area contributed by atoms with Crippen LogP contribution in [0.3, 0.4) is 0 Å². The summed E-state index contributed by atoms with van der Waals surface area (Å²) in [4.78, 5) is 19.1. The van der Waals surface area contributed by atoms with Crippen LogP contribution in [0, 0.1) is 0 Å². The summed E-state index contributed by atoms with van der Waals surface area (Å²) in [6.07, 6.45) is 2.14. The Bertz CT molecular complexity index is 572. The van der Waals surface area contributed by atoms with E-state index in [1.54, 1.807) is 12.3 Å². The van der Waals surface area contributed by atoms with Crippen molar-refractivity contribution in [2.75, 3.05) is 0 Å². The van der Waals surface area contributed by atoms with Crippen molar-refractivity contribution in [1.29, 1.82) is 0 Å². The molecule has 92 valence electrons. The minimum atomic E-state index is -0.823. The quantitative estimate of drug-likeness (QED) is 0.943. The van der Waals surface area contributed by atoms with Gasteiger partial charge in [-0.1, -0.05) is 34.1 Å². The maximum Gasteiger partial charge on any atom is 0.303 e. The molecule has 0 radical (unpaired) electrons. The number of halogens is 1. The molecule has 0 saturated heterocycles. The molecule has 2 rings (SSSR count). The van der Waals surface area contributed by atoms with E-state index in [1.165, 1.54) is 0 Å². The maximum atomic E-state index is 10.5. The standard InChI is InChI=1S/C13H11BrN2O2/c14-11-4-2-1-3-10(11)13-15-8-7-9(16-13)5-6-12(17)18/h1-4,7-8H,5-6H2,(H,17,18). The van der Waals surface area contributed by atoms with E-state index < -0.39 is 5.97 Å². The lowest BCUT2D eigenvalue weighted by Gasteiger charge is -2.04. The Morgan fingerprint density at radius 1 is 1.28 bits per heavy atom. The van der Waals surface area contributed by atoms with Gasteiger partial charge in [0.2, 0.25) is 0 Å². The molecule has 2 aromatic rings. The Kier molecular flexibility index (Phi) is 4.04. The molecule has 0 aliphatic rings. The van der Waals surface area contributed by atoms with Crippen molar-refractivity contribution in [3.8, 4) is 11.4 Å². The van der Waals surface area contributed by atoms with Gasteiger partial charge in [-0.15, -0.1) is 0 Å². The van der Waals surface area contributed by atoms with Crippen molar-refractivity contribution in [2.24, 2.45) is 0 Å². The third kappa shape index (κ3) is 3.13. The Morgan fingerprint density at radius 3 is 2.78 bits per heavy atom. The first-order valence-corrected chi connectivity index (χ1v) is 6.25. The van der Waals surface area contributed by atoms with Gasteiger partial charge in [-0.05, 0) is 12.1 Å². The van der Waals surface area contributed by atoms with Gasteiger partial charge in [-0.3, -0.25) is 4.79 Å². The molecule has 1 N–H and O–H groups in total. The van der Waals surface area contributed by atoms with Crippen molar-refractivity contribution >= 4 is 21.9 Å². The highest BCUT2D eigenvalue weighted by Crippen LogP contribution is 2.24. The third-order valence-corrected chi connectivity index (χ3v) is 3.11. The zero-order valence-electron chi connectivity index (χ0n) is 9.51. The Labute approximate surface area is 113 Å². The van der Waals surface area contributed by atoms with Crippen LogP contribution in [0.15, 0.2) is 41.0 Å². The number of nitrogens with zero attached hydrogens (tertiary/aromatic N) is 2. The van der Waals surface area contributed by atoms with Gasteiger partial charge in [0.15, 0.2) is 5.82 Å². The molecule has 0 aliphatic carbocycles. The summed E-state index contributed by atoms with van der Waals surface area (Å²) in [5.41, 5.74) is 1.63. The second-order valence-electron chi connectivity index (χ2n) is 3.75. The lowest BCUT2D eigenvalue weighted by atomic mass is 10.2. The van der Waals surface area contributed by atoms with E-state index in [-0.39, 0.29) is 6.42 Å². The monoisotopic (exact) mass is 306 g/mol. The molecule has 4 nitrogen and oxygen atoms in total. The van der Waals surface area contributed by atoms with Crippen LogP contribution in [-0.4, -0.2) is 21.0 Å². The van der Waals surface area contributed by atoms with E-state index >= 15 is 0 Å². The van der Waals surface area contributed by atoms with Crippen LogP contribution in [0.1, 0.15) is 12.1 Å². The van der Waals surface area contributed by atoms with Crippen molar-refractivity contribution in [1.82, 2.24) is 9.97 Å². The van der Waals surface area contributed by atoms with Crippen molar-refractivity contribution in [3.63, 3.8) is 0 Å². The molecule has 5 heteroatoms. The molecule has 18 heavy (non-hydrogen) atoms. The van der Waals surface area contributed by atoms with Crippen molar-refractivity contribution in [2.45, 2.75) is 12.8 Å². The highest BCUT2D eigenvalue weighted by Gasteiger charge is 2.07. The Balaban J connectivity index is 2.27. The lowest BCUT2D eigenvalue weighted by Crippen LogP contribution is -2.01. The zero-order chi connectivity index (χ0) is 13.0. The van der Waals surface area contributed by atoms with E-state index in [9.17, 15) is 4.79 Å². The SMILES string of the molecule is O=C(O)CCc1ccnc(-c2ccccc2Br)n1. The summed E-state index contributed by atoms with van der Waals surface area (Å²) >= 11 is 3.45. The number of aryl methyl sites for hydroxylation is 1. The smallest absolute Gasteiger partial charge is 0.303 e. The van der Waals surface area contributed by atoms with Crippen LogP contribution in [0.4, 0.5) is 0 Å². The maximum absolute atomic E-state index is 10.5. The summed E-state index contributed by atoms with van der Waals surface area (Å²) in [5, 5.41) is 8.65. The normalized spacial score (nSPS) is 10.3. The van der Waals surface area contributed by atoms with Crippen molar-refractivity contribution in [3.05, 3.63) is 46.7 Å². The molecule has 1 aromatic carbocycles. The average Bonchev–Trinajstić information content (AvgIpc) is 2.37. The van der Waals surface area contributed by atoms with E-state index in [4.69, 9.17) is 5.11 Å². The molecular weight excluding hydrogens is 296 g/mol. The number of carboxylic acid groups (broad SMARTS) is 1. The Hall–Kier alpha value is -1.75. The van der Waals surface area contributed by atoms with Crippen LogP contribution < -0.4 is 0 Å². The molecule has 1 aromatic heterocycles. The van der Waals surface area contributed by atoms with Crippen LogP contribution in [0.5, 0.6) is 0 Å². The highest BCUT2D eigenvalue weighted by molar-refractivity contribution is 9.10. The molecule has 0 unspecified atom stereocenters. The second-order valence-corrected chi connectivity index (χ2v) is 4.60. The zero-order valence-corrected chi connectivity index (χ0v) is 11.1. The van der Waals surface area contributed by atoms with Gasteiger partial charge in [-0.25, -0.2) is 9.97 Å². The lowest BCUT2D eigenvalue weighted by molar-refractivity contribution is -0.136. The molecule has 1 heterocycles. The molecule has 0 bridgehead atoms. The van der Waals surface area contributed by atoms with Gasteiger partial charge < -0.3 is 5.11 Å². The van der Waals surface area contributed by atoms with Crippen LogP contribution in [-0.2, 0) is 11.2 Å². The van der Waals surface area contributed by atoms with E-state index in [2.05, 4.69) is 25.9 Å². The second kappa shape index (κ2) is 5.73. The first kappa shape index (κ1) is 12.7. The molecule has 0 amide bonds.